The number of aliphatic hydroxyl groups is 2. The SMILES string of the molecule is C=CC1CCCC1C(O)CO. The fraction of sp³-hybridized carbons (Fsp3) is 0.778. The number of hydrogen-bond donors (Lipinski definition) is 2. The Labute approximate surface area is 67.6 Å². The zero-order chi connectivity index (χ0) is 8.27. The molecule has 0 aromatic carbocycles. The van der Waals surface area contributed by atoms with E-state index >= 15 is 0 Å². The second-order valence-electron chi connectivity index (χ2n) is 3.24. The summed E-state index contributed by atoms with van der Waals surface area (Å²) in [7, 11) is 0. The lowest BCUT2D eigenvalue weighted by molar-refractivity contribution is 0.0392. The molecule has 1 fully saturated rings. The normalized spacial score (nSPS) is 33.6. The van der Waals surface area contributed by atoms with Crippen LogP contribution in [0.25, 0.3) is 0 Å². The minimum atomic E-state index is -0.541. The Morgan fingerprint density at radius 2 is 2.27 bits per heavy atom. The molecule has 0 bridgehead atoms. The van der Waals surface area contributed by atoms with Gasteiger partial charge in [0.25, 0.3) is 0 Å². The highest BCUT2D eigenvalue weighted by molar-refractivity contribution is 4.92. The Balaban J connectivity index is 2.48. The number of rotatable bonds is 3. The van der Waals surface area contributed by atoms with E-state index in [0.29, 0.717) is 5.92 Å². The smallest absolute Gasteiger partial charge is 0.0804 e. The van der Waals surface area contributed by atoms with Crippen molar-refractivity contribution in [2.45, 2.75) is 25.4 Å². The zero-order valence-corrected chi connectivity index (χ0v) is 6.74. The molecule has 2 N–H and O–H groups in total. The van der Waals surface area contributed by atoms with E-state index in [1.165, 1.54) is 0 Å². The standard InChI is InChI=1S/C9H16O2/c1-2-7-4-3-5-8(7)9(11)6-10/h2,7-11H,1,3-6H2. The quantitative estimate of drug-likeness (QED) is 0.597. The molecule has 1 aliphatic rings. The molecule has 2 heteroatoms. The van der Waals surface area contributed by atoms with Gasteiger partial charge in [-0.1, -0.05) is 12.5 Å². The predicted octanol–water partition coefficient (Wildman–Crippen LogP) is 0.942. The molecule has 0 aromatic rings. The zero-order valence-electron chi connectivity index (χ0n) is 6.74. The van der Waals surface area contributed by atoms with E-state index in [1.807, 2.05) is 6.08 Å². The van der Waals surface area contributed by atoms with E-state index in [2.05, 4.69) is 6.58 Å². The van der Waals surface area contributed by atoms with E-state index in [4.69, 9.17) is 5.11 Å². The topological polar surface area (TPSA) is 40.5 Å². The van der Waals surface area contributed by atoms with Crippen molar-refractivity contribution in [3.63, 3.8) is 0 Å². The average molecular weight is 156 g/mol. The molecule has 0 amide bonds. The van der Waals surface area contributed by atoms with Crippen LogP contribution in [0.4, 0.5) is 0 Å². The monoisotopic (exact) mass is 156 g/mol. The van der Waals surface area contributed by atoms with Gasteiger partial charge in [0.05, 0.1) is 12.7 Å². The van der Waals surface area contributed by atoms with Crippen LogP contribution < -0.4 is 0 Å². The van der Waals surface area contributed by atoms with Crippen molar-refractivity contribution in [2.75, 3.05) is 6.61 Å². The van der Waals surface area contributed by atoms with Crippen molar-refractivity contribution >= 4 is 0 Å². The molecule has 0 heterocycles. The Morgan fingerprint density at radius 3 is 2.82 bits per heavy atom. The maximum atomic E-state index is 9.36. The molecular weight excluding hydrogens is 140 g/mol. The summed E-state index contributed by atoms with van der Waals surface area (Å²) in [4.78, 5) is 0. The fourth-order valence-electron chi connectivity index (χ4n) is 1.92. The van der Waals surface area contributed by atoms with E-state index in [0.717, 1.165) is 19.3 Å². The summed E-state index contributed by atoms with van der Waals surface area (Å²) in [5.41, 5.74) is 0. The van der Waals surface area contributed by atoms with Gasteiger partial charge in [0.15, 0.2) is 0 Å². The summed E-state index contributed by atoms with van der Waals surface area (Å²) < 4.78 is 0. The van der Waals surface area contributed by atoms with Crippen molar-refractivity contribution in [1.29, 1.82) is 0 Å². The van der Waals surface area contributed by atoms with Crippen LogP contribution in [0.15, 0.2) is 12.7 Å². The maximum absolute atomic E-state index is 9.36. The van der Waals surface area contributed by atoms with Crippen LogP contribution in [0.2, 0.25) is 0 Å². The molecule has 1 aliphatic carbocycles. The maximum Gasteiger partial charge on any atom is 0.0804 e. The summed E-state index contributed by atoms with van der Waals surface area (Å²) in [6.45, 7) is 3.60. The summed E-state index contributed by atoms with van der Waals surface area (Å²) in [6.07, 6.45) is 4.65. The van der Waals surface area contributed by atoms with Crippen molar-refractivity contribution in [3.8, 4) is 0 Å². The van der Waals surface area contributed by atoms with Crippen LogP contribution in [-0.4, -0.2) is 22.9 Å². The molecule has 0 spiro atoms. The van der Waals surface area contributed by atoms with Gasteiger partial charge in [-0.25, -0.2) is 0 Å². The molecule has 1 saturated carbocycles. The van der Waals surface area contributed by atoms with Gasteiger partial charge in [-0.2, -0.15) is 0 Å². The molecule has 0 radical (unpaired) electrons. The van der Waals surface area contributed by atoms with Gasteiger partial charge in [0.1, 0.15) is 0 Å². The largest absolute Gasteiger partial charge is 0.394 e. The molecule has 1 rings (SSSR count). The molecule has 3 atom stereocenters. The van der Waals surface area contributed by atoms with E-state index < -0.39 is 6.10 Å². The first-order valence-corrected chi connectivity index (χ1v) is 4.21. The molecule has 11 heavy (non-hydrogen) atoms. The number of aliphatic hydroxyl groups excluding tert-OH is 2. The fourth-order valence-corrected chi connectivity index (χ4v) is 1.92. The third-order valence-corrected chi connectivity index (χ3v) is 2.61. The van der Waals surface area contributed by atoms with Gasteiger partial charge >= 0.3 is 0 Å². The number of allylic oxidation sites excluding steroid dienone is 1. The Bertz CT molecular complexity index is 134. The third kappa shape index (κ3) is 1.82. The van der Waals surface area contributed by atoms with Crippen LogP contribution in [0.1, 0.15) is 19.3 Å². The predicted molar refractivity (Wildman–Crippen MR) is 44.1 cm³/mol. The van der Waals surface area contributed by atoms with Crippen LogP contribution in [0.5, 0.6) is 0 Å². The molecular formula is C9H16O2. The highest BCUT2D eigenvalue weighted by Crippen LogP contribution is 2.34. The lowest BCUT2D eigenvalue weighted by Crippen LogP contribution is -2.26. The van der Waals surface area contributed by atoms with Gasteiger partial charge in [-0.15, -0.1) is 6.58 Å². The Morgan fingerprint density at radius 1 is 1.55 bits per heavy atom. The summed E-state index contributed by atoms with van der Waals surface area (Å²) in [5.74, 6) is 0.662. The van der Waals surface area contributed by atoms with Crippen LogP contribution in [0.3, 0.4) is 0 Å². The van der Waals surface area contributed by atoms with Crippen LogP contribution >= 0.6 is 0 Å². The van der Waals surface area contributed by atoms with Crippen molar-refractivity contribution < 1.29 is 10.2 Å². The molecule has 2 nitrogen and oxygen atoms in total. The highest BCUT2D eigenvalue weighted by Gasteiger charge is 2.30. The van der Waals surface area contributed by atoms with Crippen LogP contribution in [0, 0.1) is 11.8 Å². The van der Waals surface area contributed by atoms with Crippen molar-refractivity contribution in [2.24, 2.45) is 11.8 Å². The van der Waals surface area contributed by atoms with Gasteiger partial charge in [-0.05, 0) is 24.7 Å². The Hall–Kier alpha value is -0.340. The summed E-state index contributed by atoms with van der Waals surface area (Å²) in [6, 6.07) is 0. The van der Waals surface area contributed by atoms with E-state index in [1.54, 1.807) is 0 Å². The third-order valence-electron chi connectivity index (χ3n) is 2.61. The van der Waals surface area contributed by atoms with Gasteiger partial charge in [-0.3, -0.25) is 0 Å². The first-order chi connectivity index (χ1) is 5.29. The van der Waals surface area contributed by atoms with Gasteiger partial charge in [0, 0.05) is 0 Å². The molecule has 0 aromatic heterocycles. The lowest BCUT2D eigenvalue weighted by atomic mass is 9.91. The summed E-state index contributed by atoms with van der Waals surface area (Å²) in [5, 5.41) is 18.1. The van der Waals surface area contributed by atoms with Gasteiger partial charge in [0.2, 0.25) is 0 Å². The molecule has 3 unspecified atom stereocenters. The first-order valence-electron chi connectivity index (χ1n) is 4.21. The first kappa shape index (κ1) is 8.75. The van der Waals surface area contributed by atoms with Crippen molar-refractivity contribution in [1.82, 2.24) is 0 Å². The van der Waals surface area contributed by atoms with Crippen molar-refractivity contribution in [3.05, 3.63) is 12.7 Å². The Kier molecular flexibility index (Phi) is 3.09. The molecule has 0 aliphatic heterocycles. The minimum absolute atomic E-state index is 0.116. The van der Waals surface area contributed by atoms with Gasteiger partial charge < -0.3 is 10.2 Å². The molecule has 64 valence electrons. The lowest BCUT2D eigenvalue weighted by Gasteiger charge is -2.20. The summed E-state index contributed by atoms with van der Waals surface area (Å²) >= 11 is 0. The van der Waals surface area contributed by atoms with E-state index in [-0.39, 0.29) is 12.5 Å². The second kappa shape index (κ2) is 3.88. The highest BCUT2D eigenvalue weighted by atomic mass is 16.3. The average Bonchev–Trinajstić information content (AvgIpc) is 2.50. The van der Waals surface area contributed by atoms with Crippen LogP contribution in [-0.2, 0) is 0 Å². The number of hydrogen-bond acceptors (Lipinski definition) is 2. The van der Waals surface area contributed by atoms with E-state index in [9.17, 15) is 5.11 Å². The molecule has 0 saturated heterocycles. The second-order valence-corrected chi connectivity index (χ2v) is 3.24. The minimum Gasteiger partial charge on any atom is -0.394 e.